The normalized spacial score (nSPS) is 24.9. The molecule has 1 rings (SSSR count). The largest absolute Gasteiger partial charge is 0.300 e. The number of hydrogen-bond acceptors (Lipinski definition) is 2. The lowest BCUT2D eigenvalue weighted by Gasteiger charge is -2.26. The van der Waals surface area contributed by atoms with E-state index >= 15 is 0 Å². The van der Waals surface area contributed by atoms with E-state index in [1.54, 1.807) is 0 Å². The third kappa shape index (κ3) is 4.65. The van der Waals surface area contributed by atoms with Gasteiger partial charge in [0, 0.05) is 18.3 Å². The number of halogens is 1. The van der Waals surface area contributed by atoms with Crippen molar-refractivity contribution in [2.45, 2.75) is 38.6 Å². The number of thioether (sulfide) groups is 1. The zero-order valence-electron chi connectivity index (χ0n) is 9.17. The van der Waals surface area contributed by atoms with Crippen LogP contribution in [0.2, 0.25) is 0 Å². The molecule has 0 unspecified atom stereocenters. The number of alkyl halides is 1. The van der Waals surface area contributed by atoms with Crippen LogP contribution < -0.4 is 0 Å². The van der Waals surface area contributed by atoms with Crippen molar-refractivity contribution in [3.63, 3.8) is 0 Å². The van der Waals surface area contributed by atoms with E-state index in [9.17, 15) is 4.39 Å². The summed E-state index contributed by atoms with van der Waals surface area (Å²) in [6.07, 6.45) is 4.27. The van der Waals surface area contributed by atoms with Crippen LogP contribution in [0.15, 0.2) is 0 Å². The molecule has 0 aliphatic carbocycles. The molecule has 1 atom stereocenters. The monoisotopic (exact) mass is 219 g/mol. The van der Waals surface area contributed by atoms with Crippen LogP contribution in [0.25, 0.3) is 0 Å². The molecule has 0 N–H and O–H groups in total. The Kier molecular flexibility index (Phi) is 6.61. The molecule has 1 aliphatic heterocycles. The van der Waals surface area contributed by atoms with Gasteiger partial charge in [-0.1, -0.05) is 0 Å². The Bertz CT molecular complexity index is 143. The first-order valence-electron chi connectivity index (χ1n) is 5.72. The Morgan fingerprint density at radius 1 is 1.29 bits per heavy atom. The maximum absolute atomic E-state index is 11.9. The predicted molar refractivity (Wildman–Crippen MR) is 62.8 cm³/mol. The van der Waals surface area contributed by atoms with Crippen LogP contribution in [-0.4, -0.2) is 42.2 Å². The lowest BCUT2D eigenvalue weighted by Crippen LogP contribution is -2.34. The zero-order valence-corrected chi connectivity index (χ0v) is 9.99. The maximum Gasteiger partial charge on any atom is 0.0894 e. The fourth-order valence-corrected chi connectivity index (χ4v) is 2.93. The van der Waals surface area contributed by atoms with Gasteiger partial charge in [-0.15, -0.1) is 0 Å². The molecule has 0 radical (unpaired) electrons. The number of hydrogen-bond donors (Lipinski definition) is 0. The van der Waals surface area contributed by atoms with E-state index in [0.717, 1.165) is 18.9 Å². The van der Waals surface area contributed by atoms with E-state index in [-0.39, 0.29) is 6.67 Å². The van der Waals surface area contributed by atoms with Gasteiger partial charge in [0.1, 0.15) is 0 Å². The lowest BCUT2D eigenvalue weighted by molar-refractivity contribution is 0.215. The van der Waals surface area contributed by atoms with Crippen molar-refractivity contribution in [3.05, 3.63) is 0 Å². The summed E-state index contributed by atoms with van der Waals surface area (Å²) in [5, 5.41) is 0. The second kappa shape index (κ2) is 7.52. The van der Waals surface area contributed by atoms with Gasteiger partial charge in [0.05, 0.1) is 6.67 Å². The molecule has 0 amide bonds. The average Bonchev–Trinajstić information content (AvgIpc) is 2.39. The van der Waals surface area contributed by atoms with E-state index in [0.29, 0.717) is 0 Å². The quantitative estimate of drug-likeness (QED) is 0.654. The smallest absolute Gasteiger partial charge is 0.0894 e. The van der Waals surface area contributed by atoms with Gasteiger partial charge in [-0.3, -0.25) is 9.29 Å². The van der Waals surface area contributed by atoms with Crippen LogP contribution in [0.1, 0.15) is 32.6 Å². The lowest BCUT2D eigenvalue weighted by atomic mass is 10.2. The summed E-state index contributed by atoms with van der Waals surface area (Å²) in [6, 6.07) is 0.732. The SMILES string of the molecule is C[C@H]1CCSCCN1CCCCCF. The summed E-state index contributed by atoms with van der Waals surface area (Å²) < 4.78 is 11.9. The Labute approximate surface area is 91.4 Å². The van der Waals surface area contributed by atoms with Crippen LogP contribution in [-0.2, 0) is 0 Å². The van der Waals surface area contributed by atoms with Crippen molar-refractivity contribution in [1.29, 1.82) is 0 Å². The fourth-order valence-electron chi connectivity index (χ4n) is 1.86. The number of rotatable bonds is 5. The van der Waals surface area contributed by atoms with Crippen molar-refractivity contribution in [1.82, 2.24) is 4.90 Å². The van der Waals surface area contributed by atoms with Gasteiger partial charge in [0.25, 0.3) is 0 Å². The van der Waals surface area contributed by atoms with Crippen molar-refractivity contribution in [2.24, 2.45) is 0 Å². The summed E-state index contributed by atoms with van der Waals surface area (Å²) >= 11 is 2.07. The van der Waals surface area contributed by atoms with E-state index in [1.807, 2.05) is 0 Å². The molecule has 0 aromatic rings. The van der Waals surface area contributed by atoms with Crippen molar-refractivity contribution in [3.8, 4) is 0 Å². The first kappa shape index (κ1) is 12.3. The molecule has 1 saturated heterocycles. The highest BCUT2D eigenvalue weighted by Crippen LogP contribution is 2.16. The Hall–Kier alpha value is 0.240. The summed E-state index contributed by atoms with van der Waals surface area (Å²) in [6.45, 7) is 4.57. The van der Waals surface area contributed by atoms with E-state index in [4.69, 9.17) is 0 Å². The van der Waals surface area contributed by atoms with Gasteiger partial charge < -0.3 is 0 Å². The standard InChI is InChI=1S/C11H22FNS/c1-11-5-9-14-10-8-13(11)7-4-2-3-6-12/h11H,2-10H2,1H3/t11-/m0/s1. The van der Waals surface area contributed by atoms with Crippen molar-refractivity contribution >= 4 is 11.8 Å². The van der Waals surface area contributed by atoms with Gasteiger partial charge >= 0.3 is 0 Å². The average molecular weight is 219 g/mol. The zero-order chi connectivity index (χ0) is 10.2. The summed E-state index contributed by atoms with van der Waals surface area (Å²) in [4.78, 5) is 2.57. The molecular weight excluding hydrogens is 197 g/mol. The Morgan fingerprint density at radius 3 is 2.93 bits per heavy atom. The highest BCUT2D eigenvalue weighted by atomic mass is 32.2. The molecule has 1 heterocycles. The molecule has 0 bridgehead atoms. The molecule has 0 aromatic heterocycles. The third-order valence-corrected chi connectivity index (χ3v) is 3.90. The van der Waals surface area contributed by atoms with E-state index in [1.165, 1.54) is 37.4 Å². The highest BCUT2D eigenvalue weighted by Gasteiger charge is 2.15. The topological polar surface area (TPSA) is 3.24 Å². The Balaban J connectivity index is 2.13. The Morgan fingerprint density at radius 2 is 2.14 bits per heavy atom. The summed E-state index contributed by atoms with van der Waals surface area (Å²) in [7, 11) is 0. The molecule has 14 heavy (non-hydrogen) atoms. The van der Waals surface area contributed by atoms with Gasteiger partial charge in [0.15, 0.2) is 0 Å². The first-order valence-corrected chi connectivity index (χ1v) is 6.88. The second-order valence-corrected chi connectivity index (χ2v) is 5.26. The summed E-state index contributed by atoms with van der Waals surface area (Å²) in [5.41, 5.74) is 0. The fraction of sp³-hybridized carbons (Fsp3) is 1.00. The van der Waals surface area contributed by atoms with Gasteiger partial charge in [0.2, 0.25) is 0 Å². The molecule has 0 spiro atoms. The van der Waals surface area contributed by atoms with E-state index in [2.05, 4.69) is 23.6 Å². The number of nitrogens with zero attached hydrogens (tertiary/aromatic N) is 1. The van der Waals surface area contributed by atoms with Crippen LogP contribution in [0.3, 0.4) is 0 Å². The van der Waals surface area contributed by atoms with Gasteiger partial charge in [-0.2, -0.15) is 11.8 Å². The van der Waals surface area contributed by atoms with E-state index < -0.39 is 0 Å². The molecule has 84 valence electrons. The van der Waals surface area contributed by atoms with Crippen LogP contribution in [0, 0.1) is 0 Å². The molecule has 1 aliphatic rings. The maximum atomic E-state index is 11.9. The number of unbranched alkanes of at least 4 members (excludes halogenated alkanes) is 2. The minimum atomic E-state index is -0.147. The minimum Gasteiger partial charge on any atom is -0.300 e. The molecule has 0 saturated carbocycles. The van der Waals surface area contributed by atoms with Crippen molar-refractivity contribution in [2.75, 3.05) is 31.3 Å². The highest BCUT2D eigenvalue weighted by molar-refractivity contribution is 7.99. The minimum absolute atomic E-state index is 0.147. The first-order chi connectivity index (χ1) is 6.84. The van der Waals surface area contributed by atoms with Crippen LogP contribution >= 0.6 is 11.8 Å². The third-order valence-electron chi connectivity index (χ3n) is 2.91. The second-order valence-electron chi connectivity index (χ2n) is 4.04. The molecular formula is C11H22FNS. The molecule has 0 aromatic carbocycles. The van der Waals surface area contributed by atoms with Crippen molar-refractivity contribution < 1.29 is 4.39 Å². The van der Waals surface area contributed by atoms with Crippen LogP contribution in [0.5, 0.6) is 0 Å². The predicted octanol–water partition coefficient (Wildman–Crippen LogP) is 2.95. The molecule has 1 fully saturated rings. The van der Waals surface area contributed by atoms with Crippen LogP contribution in [0.4, 0.5) is 4.39 Å². The van der Waals surface area contributed by atoms with Gasteiger partial charge in [-0.05, 0) is 44.9 Å². The molecule has 1 nitrogen and oxygen atoms in total. The summed E-state index contributed by atoms with van der Waals surface area (Å²) in [5.74, 6) is 2.58. The molecule has 3 heteroatoms. The van der Waals surface area contributed by atoms with Gasteiger partial charge in [-0.25, -0.2) is 0 Å².